The largest absolute Gasteiger partial charge is 0.320 e. The van der Waals surface area contributed by atoms with Gasteiger partial charge < -0.3 is 5.32 Å². The standard InChI is InChI=1S/C18H15ClN2O/c1-11-10-12(2)20-17-15(11)4-3-5-16(17)21-18(22)13-6-8-14(19)9-7-13/h3-10H,1-2H3,(H,21,22). The summed E-state index contributed by atoms with van der Waals surface area (Å²) in [5.74, 6) is -0.176. The van der Waals surface area contributed by atoms with Crippen molar-refractivity contribution in [3.8, 4) is 0 Å². The summed E-state index contributed by atoms with van der Waals surface area (Å²) >= 11 is 5.85. The molecule has 0 radical (unpaired) electrons. The van der Waals surface area contributed by atoms with Crippen LogP contribution in [0, 0.1) is 13.8 Å². The van der Waals surface area contributed by atoms with Crippen LogP contribution in [-0.4, -0.2) is 10.9 Å². The summed E-state index contributed by atoms with van der Waals surface area (Å²) in [7, 11) is 0. The van der Waals surface area contributed by atoms with Gasteiger partial charge in [-0.1, -0.05) is 23.7 Å². The average Bonchev–Trinajstić information content (AvgIpc) is 2.48. The highest BCUT2D eigenvalue weighted by Crippen LogP contribution is 2.25. The molecular weight excluding hydrogens is 296 g/mol. The third kappa shape index (κ3) is 2.81. The highest BCUT2D eigenvalue weighted by Gasteiger charge is 2.10. The van der Waals surface area contributed by atoms with Gasteiger partial charge in [-0.2, -0.15) is 0 Å². The van der Waals surface area contributed by atoms with E-state index in [9.17, 15) is 4.79 Å². The Hall–Kier alpha value is -2.39. The van der Waals surface area contributed by atoms with E-state index >= 15 is 0 Å². The van der Waals surface area contributed by atoms with E-state index in [1.54, 1.807) is 24.3 Å². The van der Waals surface area contributed by atoms with Gasteiger partial charge in [-0.15, -0.1) is 0 Å². The van der Waals surface area contributed by atoms with Crippen molar-refractivity contribution in [3.05, 3.63) is 70.4 Å². The number of para-hydroxylation sites is 1. The first kappa shape index (κ1) is 14.5. The fourth-order valence-corrected chi connectivity index (χ4v) is 2.60. The van der Waals surface area contributed by atoms with Gasteiger partial charge in [0.25, 0.3) is 5.91 Å². The number of benzene rings is 2. The van der Waals surface area contributed by atoms with Gasteiger partial charge in [0.2, 0.25) is 0 Å². The van der Waals surface area contributed by atoms with Gasteiger partial charge in [-0.05, 0) is 55.8 Å². The Kier molecular flexibility index (Phi) is 3.82. The topological polar surface area (TPSA) is 42.0 Å². The first-order valence-corrected chi connectivity index (χ1v) is 7.36. The maximum Gasteiger partial charge on any atom is 0.255 e. The number of pyridine rings is 1. The normalized spacial score (nSPS) is 10.7. The summed E-state index contributed by atoms with van der Waals surface area (Å²) in [6, 6.07) is 14.6. The molecule has 110 valence electrons. The van der Waals surface area contributed by atoms with Crippen molar-refractivity contribution in [2.75, 3.05) is 5.32 Å². The summed E-state index contributed by atoms with van der Waals surface area (Å²) in [6.45, 7) is 3.99. The number of hydrogen-bond acceptors (Lipinski definition) is 2. The Morgan fingerprint density at radius 1 is 1.09 bits per heavy atom. The summed E-state index contributed by atoms with van der Waals surface area (Å²) in [6.07, 6.45) is 0. The summed E-state index contributed by atoms with van der Waals surface area (Å²) in [5, 5.41) is 4.58. The molecule has 0 fully saturated rings. The van der Waals surface area contributed by atoms with Crippen LogP contribution in [0.5, 0.6) is 0 Å². The Balaban J connectivity index is 2.00. The number of carbonyl (C=O) groups excluding carboxylic acids is 1. The third-order valence-corrected chi connectivity index (χ3v) is 3.78. The second-order valence-electron chi connectivity index (χ2n) is 5.24. The lowest BCUT2D eigenvalue weighted by Gasteiger charge is -2.10. The van der Waals surface area contributed by atoms with Crippen molar-refractivity contribution >= 4 is 34.1 Å². The van der Waals surface area contributed by atoms with E-state index in [2.05, 4.69) is 10.3 Å². The molecule has 0 aliphatic heterocycles. The van der Waals surface area contributed by atoms with Gasteiger partial charge in [0, 0.05) is 21.7 Å². The number of nitrogens with zero attached hydrogens (tertiary/aromatic N) is 1. The molecule has 3 rings (SSSR count). The maximum atomic E-state index is 12.4. The van der Waals surface area contributed by atoms with Gasteiger partial charge in [-0.3, -0.25) is 9.78 Å². The third-order valence-electron chi connectivity index (χ3n) is 3.53. The van der Waals surface area contributed by atoms with Crippen molar-refractivity contribution in [2.45, 2.75) is 13.8 Å². The van der Waals surface area contributed by atoms with E-state index in [0.717, 1.165) is 22.2 Å². The molecule has 0 unspecified atom stereocenters. The van der Waals surface area contributed by atoms with Crippen LogP contribution in [0.25, 0.3) is 10.9 Å². The zero-order valence-corrected chi connectivity index (χ0v) is 13.1. The highest BCUT2D eigenvalue weighted by atomic mass is 35.5. The molecule has 1 aromatic heterocycles. The molecule has 0 aliphatic rings. The molecule has 0 spiro atoms. The van der Waals surface area contributed by atoms with Crippen LogP contribution in [0.1, 0.15) is 21.6 Å². The molecule has 1 heterocycles. The van der Waals surface area contributed by atoms with E-state index in [4.69, 9.17) is 11.6 Å². The second-order valence-corrected chi connectivity index (χ2v) is 5.68. The number of carbonyl (C=O) groups is 1. The molecule has 0 atom stereocenters. The first-order chi connectivity index (χ1) is 10.5. The number of amides is 1. The van der Waals surface area contributed by atoms with Gasteiger partial charge >= 0.3 is 0 Å². The van der Waals surface area contributed by atoms with Crippen LogP contribution >= 0.6 is 11.6 Å². The van der Waals surface area contributed by atoms with Crippen molar-refractivity contribution < 1.29 is 4.79 Å². The minimum atomic E-state index is -0.176. The van der Waals surface area contributed by atoms with Gasteiger partial charge in [0.05, 0.1) is 11.2 Å². The zero-order chi connectivity index (χ0) is 15.7. The number of hydrogen-bond donors (Lipinski definition) is 1. The Morgan fingerprint density at radius 3 is 2.55 bits per heavy atom. The number of nitrogens with one attached hydrogen (secondary N) is 1. The molecule has 0 saturated carbocycles. The Morgan fingerprint density at radius 2 is 1.82 bits per heavy atom. The summed E-state index contributed by atoms with van der Waals surface area (Å²) in [4.78, 5) is 16.9. The monoisotopic (exact) mass is 310 g/mol. The lowest BCUT2D eigenvalue weighted by atomic mass is 10.1. The van der Waals surface area contributed by atoms with E-state index < -0.39 is 0 Å². The SMILES string of the molecule is Cc1cc(C)c2cccc(NC(=O)c3ccc(Cl)cc3)c2n1. The number of aromatic nitrogens is 1. The number of anilines is 1. The summed E-state index contributed by atoms with van der Waals surface area (Å²) < 4.78 is 0. The molecule has 0 bridgehead atoms. The number of aryl methyl sites for hydroxylation is 2. The molecular formula is C18H15ClN2O. The molecule has 22 heavy (non-hydrogen) atoms. The van der Waals surface area contributed by atoms with E-state index in [-0.39, 0.29) is 5.91 Å². The highest BCUT2D eigenvalue weighted by molar-refractivity contribution is 6.30. The molecule has 1 N–H and O–H groups in total. The number of rotatable bonds is 2. The quantitative estimate of drug-likeness (QED) is 0.741. The predicted octanol–water partition coefficient (Wildman–Crippen LogP) is 4.76. The fraction of sp³-hybridized carbons (Fsp3) is 0.111. The Bertz CT molecular complexity index is 857. The number of halogens is 1. The van der Waals surface area contributed by atoms with Gasteiger partial charge in [0.1, 0.15) is 0 Å². The smallest absolute Gasteiger partial charge is 0.255 e. The minimum Gasteiger partial charge on any atom is -0.320 e. The minimum absolute atomic E-state index is 0.176. The lowest BCUT2D eigenvalue weighted by molar-refractivity contribution is 0.102. The predicted molar refractivity (Wildman–Crippen MR) is 90.6 cm³/mol. The first-order valence-electron chi connectivity index (χ1n) is 6.98. The average molecular weight is 311 g/mol. The molecule has 2 aromatic carbocycles. The van der Waals surface area contributed by atoms with Crippen molar-refractivity contribution in [3.63, 3.8) is 0 Å². The van der Waals surface area contributed by atoms with Crippen LogP contribution in [0.15, 0.2) is 48.5 Å². The molecule has 3 nitrogen and oxygen atoms in total. The number of fused-ring (bicyclic) bond motifs is 1. The van der Waals surface area contributed by atoms with Crippen LogP contribution < -0.4 is 5.32 Å². The van der Waals surface area contributed by atoms with Gasteiger partial charge in [-0.25, -0.2) is 0 Å². The lowest BCUT2D eigenvalue weighted by Crippen LogP contribution is -2.12. The maximum absolute atomic E-state index is 12.4. The second kappa shape index (κ2) is 5.78. The van der Waals surface area contributed by atoms with Crippen LogP contribution in [-0.2, 0) is 0 Å². The Labute approximate surface area is 133 Å². The van der Waals surface area contributed by atoms with E-state index in [1.807, 2.05) is 38.1 Å². The summed E-state index contributed by atoms with van der Waals surface area (Å²) in [5.41, 5.74) is 4.15. The van der Waals surface area contributed by atoms with Crippen LogP contribution in [0.3, 0.4) is 0 Å². The molecule has 0 saturated heterocycles. The van der Waals surface area contributed by atoms with Crippen molar-refractivity contribution in [1.82, 2.24) is 4.98 Å². The van der Waals surface area contributed by atoms with Crippen LogP contribution in [0.4, 0.5) is 5.69 Å². The van der Waals surface area contributed by atoms with E-state index in [1.165, 1.54) is 0 Å². The zero-order valence-electron chi connectivity index (χ0n) is 12.4. The van der Waals surface area contributed by atoms with Gasteiger partial charge in [0.15, 0.2) is 0 Å². The molecule has 1 amide bonds. The van der Waals surface area contributed by atoms with Crippen molar-refractivity contribution in [1.29, 1.82) is 0 Å². The van der Waals surface area contributed by atoms with E-state index in [0.29, 0.717) is 16.3 Å². The van der Waals surface area contributed by atoms with Crippen LogP contribution in [0.2, 0.25) is 5.02 Å². The molecule has 0 aliphatic carbocycles. The fourth-order valence-electron chi connectivity index (χ4n) is 2.48. The molecule has 4 heteroatoms. The van der Waals surface area contributed by atoms with Crippen molar-refractivity contribution in [2.24, 2.45) is 0 Å². The molecule has 3 aromatic rings.